The van der Waals surface area contributed by atoms with E-state index in [1.54, 1.807) is 12.4 Å². The van der Waals surface area contributed by atoms with E-state index < -0.39 is 0 Å². The van der Waals surface area contributed by atoms with Crippen molar-refractivity contribution in [2.24, 2.45) is 0 Å². The minimum Gasteiger partial charge on any atom is -0.477 e. The molecule has 3 aromatic rings. The van der Waals surface area contributed by atoms with Crippen molar-refractivity contribution in [3.05, 3.63) is 48.4 Å². The summed E-state index contributed by atoms with van der Waals surface area (Å²) in [6.07, 6.45) is 10.1. The van der Waals surface area contributed by atoms with E-state index in [0.29, 0.717) is 25.5 Å². The van der Waals surface area contributed by atoms with Gasteiger partial charge in [0, 0.05) is 48.7 Å². The maximum Gasteiger partial charge on any atom is 0.234 e. The van der Waals surface area contributed by atoms with Crippen molar-refractivity contribution in [1.29, 1.82) is 0 Å². The third-order valence-corrected chi connectivity index (χ3v) is 6.82. The van der Waals surface area contributed by atoms with Gasteiger partial charge < -0.3 is 19.5 Å². The number of benzene rings is 1. The van der Waals surface area contributed by atoms with Gasteiger partial charge in [-0.25, -0.2) is 0 Å². The van der Waals surface area contributed by atoms with Crippen LogP contribution in [-0.2, 0) is 11.3 Å². The van der Waals surface area contributed by atoms with Gasteiger partial charge in [0.1, 0.15) is 0 Å². The van der Waals surface area contributed by atoms with Gasteiger partial charge in [0.25, 0.3) is 0 Å². The van der Waals surface area contributed by atoms with E-state index in [0.717, 1.165) is 50.1 Å². The number of aromatic nitrogens is 3. The van der Waals surface area contributed by atoms with Crippen molar-refractivity contribution in [1.82, 2.24) is 19.9 Å². The van der Waals surface area contributed by atoms with Crippen LogP contribution in [0.4, 0.5) is 5.82 Å². The second-order valence-corrected chi connectivity index (χ2v) is 8.55. The molecule has 1 aromatic carbocycles. The van der Waals surface area contributed by atoms with Gasteiger partial charge in [-0.15, -0.1) is 0 Å². The van der Waals surface area contributed by atoms with Crippen LogP contribution in [-0.4, -0.2) is 51.0 Å². The lowest BCUT2D eigenvalue weighted by atomic mass is 9.78. The number of likely N-dealkylation sites (tertiary alicyclic amines) is 1. The predicted octanol–water partition coefficient (Wildman–Crippen LogP) is 3.91. The standard InChI is InChI=1S/C24H29N5O2/c1-2-31-22-16-25-15-21(27-22)28-12-10-24(11-13-28)9-5-8-23(30)29(24)17-18-14-26-20-7-4-3-6-19(18)20/h3-4,6-7,14-16,26H,2,5,8-13,17H2,1H3. The lowest BCUT2D eigenvalue weighted by molar-refractivity contribution is -0.144. The number of carbonyl (C=O) groups excluding carboxylic acids is 1. The van der Waals surface area contributed by atoms with E-state index in [1.807, 2.05) is 13.0 Å². The fraction of sp³-hybridized carbons (Fsp3) is 0.458. The Morgan fingerprint density at radius 2 is 2.00 bits per heavy atom. The Morgan fingerprint density at radius 1 is 1.16 bits per heavy atom. The third kappa shape index (κ3) is 3.73. The van der Waals surface area contributed by atoms with E-state index in [-0.39, 0.29) is 11.4 Å². The van der Waals surface area contributed by atoms with Crippen molar-refractivity contribution in [3.8, 4) is 5.88 Å². The van der Waals surface area contributed by atoms with Gasteiger partial charge in [-0.3, -0.25) is 9.78 Å². The molecular formula is C24H29N5O2. The monoisotopic (exact) mass is 419 g/mol. The third-order valence-electron chi connectivity index (χ3n) is 6.82. The minimum atomic E-state index is -0.0742. The molecule has 0 saturated carbocycles. The lowest BCUT2D eigenvalue weighted by Gasteiger charge is -2.51. The SMILES string of the molecule is CCOc1cncc(N2CCC3(CCCC(=O)N3Cc3c[nH]c4ccccc34)CC2)n1. The smallest absolute Gasteiger partial charge is 0.234 e. The highest BCUT2D eigenvalue weighted by Gasteiger charge is 2.44. The van der Waals surface area contributed by atoms with Gasteiger partial charge in [0.2, 0.25) is 11.8 Å². The molecule has 4 heterocycles. The number of hydrogen-bond donors (Lipinski definition) is 1. The van der Waals surface area contributed by atoms with E-state index in [4.69, 9.17) is 4.74 Å². The number of anilines is 1. The summed E-state index contributed by atoms with van der Waals surface area (Å²) in [6.45, 7) is 4.92. The topological polar surface area (TPSA) is 74.3 Å². The van der Waals surface area contributed by atoms with Gasteiger partial charge in [0.15, 0.2) is 5.82 Å². The first-order chi connectivity index (χ1) is 15.2. The van der Waals surface area contributed by atoms with Crippen LogP contribution in [0.1, 0.15) is 44.6 Å². The molecular weight excluding hydrogens is 390 g/mol. The number of hydrogen-bond acceptors (Lipinski definition) is 5. The summed E-state index contributed by atoms with van der Waals surface area (Å²) in [6, 6.07) is 8.32. The van der Waals surface area contributed by atoms with Crippen molar-refractivity contribution < 1.29 is 9.53 Å². The van der Waals surface area contributed by atoms with Crippen LogP contribution in [0, 0.1) is 0 Å². The number of nitrogens with one attached hydrogen (secondary N) is 1. The Kier molecular flexibility index (Phi) is 5.26. The van der Waals surface area contributed by atoms with Crippen molar-refractivity contribution in [3.63, 3.8) is 0 Å². The van der Waals surface area contributed by atoms with Crippen LogP contribution < -0.4 is 9.64 Å². The molecule has 1 amide bonds. The molecule has 2 aromatic heterocycles. The largest absolute Gasteiger partial charge is 0.477 e. The number of rotatable bonds is 5. The average molecular weight is 420 g/mol. The minimum absolute atomic E-state index is 0.0742. The molecule has 0 unspecified atom stereocenters. The zero-order chi connectivity index (χ0) is 21.3. The summed E-state index contributed by atoms with van der Waals surface area (Å²) in [5.41, 5.74) is 2.25. The molecule has 2 aliphatic heterocycles. The number of piperidine rings is 2. The highest BCUT2D eigenvalue weighted by molar-refractivity contribution is 5.84. The molecule has 2 fully saturated rings. The Morgan fingerprint density at radius 3 is 2.84 bits per heavy atom. The summed E-state index contributed by atoms with van der Waals surface area (Å²) in [5.74, 6) is 1.70. The van der Waals surface area contributed by atoms with Gasteiger partial charge in [-0.1, -0.05) is 18.2 Å². The maximum absolute atomic E-state index is 13.1. The van der Waals surface area contributed by atoms with Crippen LogP contribution in [0.3, 0.4) is 0 Å². The molecule has 7 nitrogen and oxygen atoms in total. The molecule has 31 heavy (non-hydrogen) atoms. The van der Waals surface area contributed by atoms with Gasteiger partial charge >= 0.3 is 0 Å². The number of nitrogens with zero attached hydrogens (tertiary/aromatic N) is 4. The molecule has 0 radical (unpaired) electrons. The first-order valence-corrected chi connectivity index (χ1v) is 11.2. The summed E-state index contributed by atoms with van der Waals surface area (Å²) in [7, 11) is 0. The molecule has 1 spiro atoms. The van der Waals surface area contributed by atoms with Crippen LogP contribution in [0.25, 0.3) is 10.9 Å². The number of aromatic amines is 1. The molecule has 0 bridgehead atoms. The quantitative estimate of drug-likeness (QED) is 0.679. The van der Waals surface area contributed by atoms with Crippen LogP contribution in [0.5, 0.6) is 5.88 Å². The lowest BCUT2D eigenvalue weighted by Crippen LogP contribution is -2.59. The molecule has 0 atom stereocenters. The normalized spacial score (nSPS) is 18.7. The molecule has 0 aliphatic carbocycles. The van der Waals surface area contributed by atoms with Crippen LogP contribution in [0.2, 0.25) is 0 Å². The van der Waals surface area contributed by atoms with E-state index >= 15 is 0 Å². The Balaban J connectivity index is 1.35. The molecule has 2 aliphatic rings. The van der Waals surface area contributed by atoms with Gasteiger partial charge in [-0.05, 0) is 44.2 Å². The predicted molar refractivity (Wildman–Crippen MR) is 120 cm³/mol. The Hall–Kier alpha value is -3.09. The van der Waals surface area contributed by atoms with Gasteiger partial charge in [0.05, 0.1) is 19.0 Å². The van der Waals surface area contributed by atoms with Crippen molar-refractivity contribution in [2.45, 2.75) is 51.1 Å². The fourth-order valence-corrected chi connectivity index (χ4v) is 5.17. The van der Waals surface area contributed by atoms with Crippen molar-refractivity contribution >= 4 is 22.6 Å². The highest BCUT2D eigenvalue weighted by Crippen LogP contribution is 2.40. The van der Waals surface area contributed by atoms with Gasteiger partial charge in [-0.2, -0.15) is 4.98 Å². The van der Waals surface area contributed by atoms with Crippen LogP contribution in [0.15, 0.2) is 42.9 Å². The number of fused-ring (bicyclic) bond motifs is 1. The Bertz CT molecular complexity index is 1070. The average Bonchev–Trinajstić information content (AvgIpc) is 3.20. The summed E-state index contributed by atoms with van der Waals surface area (Å²) in [4.78, 5) is 29.8. The molecule has 5 rings (SSSR count). The first-order valence-electron chi connectivity index (χ1n) is 11.2. The van der Waals surface area contributed by atoms with Crippen LogP contribution >= 0.6 is 0 Å². The zero-order valence-corrected chi connectivity index (χ0v) is 18.0. The zero-order valence-electron chi connectivity index (χ0n) is 18.0. The van der Waals surface area contributed by atoms with E-state index in [9.17, 15) is 4.79 Å². The maximum atomic E-state index is 13.1. The fourth-order valence-electron chi connectivity index (χ4n) is 5.17. The summed E-state index contributed by atoms with van der Waals surface area (Å²) >= 11 is 0. The first kappa shape index (κ1) is 19.8. The van der Waals surface area contributed by atoms with Crippen molar-refractivity contribution in [2.75, 3.05) is 24.6 Å². The summed E-state index contributed by atoms with van der Waals surface area (Å²) in [5, 5.41) is 1.21. The molecule has 7 heteroatoms. The summed E-state index contributed by atoms with van der Waals surface area (Å²) < 4.78 is 5.52. The number of para-hydroxylation sites is 1. The number of amides is 1. The molecule has 162 valence electrons. The molecule has 2 saturated heterocycles. The highest BCUT2D eigenvalue weighted by atomic mass is 16.5. The van der Waals surface area contributed by atoms with E-state index in [2.05, 4.69) is 49.1 Å². The second-order valence-electron chi connectivity index (χ2n) is 8.55. The Labute approximate surface area is 182 Å². The van der Waals surface area contributed by atoms with E-state index in [1.165, 1.54) is 10.9 Å². The number of ether oxygens (including phenoxy) is 1. The molecule has 1 N–H and O–H groups in total. The second kappa shape index (κ2) is 8.21. The number of carbonyl (C=O) groups is 1. The number of H-pyrrole nitrogens is 1.